The topological polar surface area (TPSA) is 73.6 Å². The molecule has 2 aromatic carbocycles. The monoisotopic (exact) mass is 368 g/mol. The normalized spacial score (nSPS) is 17.1. The second-order valence-electron chi connectivity index (χ2n) is 7.12. The first-order chi connectivity index (χ1) is 13.1. The number of ether oxygens (including phenoxy) is 2. The van der Waals surface area contributed by atoms with Crippen LogP contribution in [-0.4, -0.2) is 32.8 Å². The van der Waals surface area contributed by atoms with Crippen molar-refractivity contribution in [2.75, 3.05) is 26.9 Å². The van der Waals surface area contributed by atoms with Crippen LogP contribution in [0, 0.1) is 0 Å². The van der Waals surface area contributed by atoms with Gasteiger partial charge >= 0.3 is 0 Å². The zero-order valence-corrected chi connectivity index (χ0v) is 15.8. The zero-order chi connectivity index (χ0) is 19.1. The minimum absolute atomic E-state index is 0.0225. The lowest BCUT2D eigenvalue weighted by Gasteiger charge is -2.38. The molecule has 0 saturated carbocycles. The first kappa shape index (κ1) is 19.4. The van der Waals surface area contributed by atoms with Crippen LogP contribution in [0.5, 0.6) is 5.75 Å². The summed E-state index contributed by atoms with van der Waals surface area (Å²) in [6, 6.07) is 17.6. The fourth-order valence-corrected chi connectivity index (χ4v) is 3.63. The molecule has 0 aliphatic carbocycles. The van der Waals surface area contributed by atoms with E-state index in [-0.39, 0.29) is 23.8 Å². The fraction of sp³-hybridized carbons (Fsp3) is 0.409. The minimum atomic E-state index is -0.294. The van der Waals surface area contributed by atoms with E-state index in [2.05, 4.69) is 17.4 Å². The summed E-state index contributed by atoms with van der Waals surface area (Å²) in [7, 11) is 1.66. The van der Waals surface area contributed by atoms with Gasteiger partial charge in [-0.1, -0.05) is 42.5 Å². The fourth-order valence-electron chi connectivity index (χ4n) is 3.63. The highest BCUT2D eigenvalue weighted by molar-refractivity contribution is 5.77. The SMILES string of the molecule is COc1ccc(C2(CNC(=O)CC(N)c3ccccc3)CCOCC2)cc1. The number of amides is 1. The van der Waals surface area contributed by atoms with E-state index in [1.54, 1.807) is 7.11 Å². The van der Waals surface area contributed by atoms with Crippen LogP contribution in [0.25, 0.3) is 0 Å². The lowest BCUT2D eigenvalue weighted by molar-refractivity contribution is -0.122. The second kappa shape index (κ2) is 9.02. The van der Waals surface area contributed by atoms with Crippen molar-refractivity contribution in [3.8, 4) is 5.75 Å². The summed E-state index contributed by atoms with van der Waals surface area (Å²) in [5, 5.41) is 3.12. The summed E-state index contributed by atoms with van der Waals surface area (Å²) < 4.78 is 10.8. The number of rotatable bonds is 7. The van der Waals surface area contributed by atoms with Crippen molar-refractivity contribution < 1.29 is 14.3 Å². The van der Waals surface area contributed by atoms with E-state index in [9.17, 15) is 4.79 Å². The van der Waals surface area contributed by atoms with E-state index in [4.69, 9.17) is 15.2 Å². The van der Waals surface area contributed by atoms with E-state index >= 15 is 0 Å². The summed E-state index contributed by atoms with van der Waals surface area (Å²) >= 11 is 0. The number of benzene rings is 2. The number of carbonyl (C=O) groups is 1. The van der Waals surface area contributed by atoms with Crippen molar-refractivity contribution in [1.82, 2.24) is 5.32 Å². The Bertz CT molecular complexity index is 725. The molecule has 1 aliphatic rings. The Balaban J connectivity index is 1.65. The highest BCUT2D eigenvalue weighted by atomic mass is 16.5. The molecule has 3 rings (SSSR count). The van der Waals surface area contributed by atoms with E-state index in [0.717, 1.165) is 24.2 Å². The average Bonchev–Trinajstić information content (AvgIpc) is 2.73. The summed E-state index contributed by atoms with van der Waals surface area (Å²) in [6.45, 7) is 1.99. The van der Waals surface area contributed by atoms with Crippen molar-refractivity contribution in [3.05, 3.63) is 65.7 Å². The van der Waals surface area contributed by atoms with Gasteiger partial charge in [-0.2, -0.15) is 0 Å². The van der Waals surface area contributed by atoms with Crippen LogP contribution in [0.1, 0.15) is 36.4 Å². The van der Waals surface area contributed by atoms with E-state index in [1.807, 2.05) is 42.5 Å². The predicted octanol–water partition coefficient (Wildman–Crippen LogP) is 2.95. The molecule has 1 amide bonds. The largest absolute Gasteiger partial charge is 0.497 e. The maximum absolute atomic E-state index is 12.5. The highest BCUT2D eigenvalue weighted by Gasteiger charge is 2.35. The van der Waals surface area contributed by atoms with E-state index < -0.39 is 0 Å². The van der Waals surface area contributed by atoms with Crippen LogP contribution in [0.15, 0.2) is 54.6 Å². The Morgan fingerprint density at radius 3 is 2.44 bits per heavy atom. The maximum Gasteiger partial charge on any atom is 0.221 e. The van der Waals surface area contributed by atoms with Crippen molar-refractivity contribution in [3.63, 3.8) is 0 Å². The summed E-state index contributed by atoms with van der Waals surface area (Å²) in [4.78, 5) is 12.5. The quantitative estimate of drug-likeness (QED) is 0.788. The zero-order valence-electron chi connectivity index (χ0n) is 15.8. The van der Waals surface area contributed by atoms with Gasteiger partial charge in [-0.05, 0) is 36.1 Å². The van der Waals surface area contributed by atoms with Crippen molar-refractivity contribution in [1.29, 1.82) is 0 Å². The third-order valence-electron chi connectivity index (χ3n) is 5.41. The van der Waals surface area contributed by atoms with Gasteiger partial charge in [0.25, 0.3) is 0 Å². The van der Waals surface area contributed by atoms with Gasteiger partial charge in [0, 0.05) is 37.6 Å². The van der Waals surface area contributed by atoms with Crippen LogP contribution in [0.4, 0.5) is 0 Å². The van der Waals surface area contributed by atoms with Gasteiger partial charge in [0.05, 0.1) is 7.11 Å². The van der Waals surface area contributed by atoms with Crippen LogP contribution >= 0.6 is 0 Å². The molecule has 5 heteroatoms. The molecule has 1 atom stereocenters. The third kappa shape index (κ3) is 4.87. The van der Waals surface area contributed by atoms with Crippen LogP contribution < -0.4 is 15.8 Å². The lowest BCUT2D eigenvalue weighted by Crippen LogP contribution is -2.45. The summed E-state index contributed by atoms with van der Waals surface area (Å²) in [5.74, 6) is 0.810. The van der Waals surface area contributed by atoms with Crippen LogP contribution in [0.2, 0.25) is 0 Å². The van der Waals surface area contributed by atoms with Crippen LogP contribution in [0.3, 0.4) is 0 Å². The number of hydrogen-bond acceptors (Lipinski definition) is 4. The summed E-state index contributed by atoms with van der Waals surface area (Å²) in [6.07, 6.45) is 2.04. The Hall–Kier alpha value is -2.37. The molecule has 1 heterocycles. The Kier molecular flexibility index (Phi) is 6.48. The first-order valence-electron chi connectivity index (χ1n) is 9.42. The Morgan fingerprint density at radius 2 is 1.81 bits per heavy atom. The van der Waals surface area contributed by atoms with Crippen molar-refractivity contribution >= 4 is 5.91 Å². The van der Waals surface area contributed by atoms with Crippen molar-refractivity contribution in [2.24, 2.45) is 5.73 Å². The van der Waals surface area contributed by atoms with Crippen molar-refractivity contribution in [2.45, 2.75) is 30.7 Å². The standard InChI is InChI=1S/C22H28N2O3/c1-26-19-9-7-18(8-10-19)22(11-13-27-14-12-22)16-24-21(25)15-20(23)17-5-3-2-4-6-17/h2-10,20H,11-16,23H2,1H3,(H,24,25). The molecule has 1 unspecified atom stereocenters. The van der Waals surface area contributed by atoms with E-state index in [0.29, 0.717) is 19.8 Å². The Labute approximate surface area is 160 Å². The smallest absolute Gasteiger partial charge is 0.221 e. The number of nitrogens with two attached hydrogens (primary N) is 1. The predicted molar refractivity (Wildman–Crippen MR) is 106 cm³/mol. The molecule has 0 bridgehead atoms. The summed E-state index contributed by atoms with van der Waals surface area (Å²) in [5.41, 5.74) is 8.26. The molecule has 0 radical (unpaired) electrons. The van der Waals surface area contributed by atoms with Gasteiger partial charge in [0.2, 0.25) is 5.91 Å². The van der Waals surface area contributed by atoms with Crippen LogP contribution in [-0.2, 0) is 14.9 Å². The first-order valence-corrected chi connectivity index (χ1v) is 9.42. The second-order valence-corrected chi connectivity index (χ2v) is 7.12. The van der Waals surface area contributed by atoms with Gasteiger partial charge < -0.3 is 20.5 Å². The maximum atomic E-state index is 12.5. The van der Waals surface area contributed by atoms with Gasteiger partial charge in [-0.25, -0.2) is 0 Å². The molecule has 5 nitrogen and oxygen atoms in total. The molecule has 2 aromatic rings. The van der Waals surface area contributed by atoms with Gasteiger partial charge in [-0.15, -0.1) is 0 Å². The number of carbonyl (C=O) groups excluding carboxylic acids is 1. The molecular weight excluding hydrogens is 340 g/mol. The number of methoxy groups -OCH3 is 1. The molecule has 144 valence electrons. The average molecular weight is 368 g/mol. The molecule has 1 saturated heterocycles. The molecular formula is C22H28N2O3. The van der Waals surface area contributed by atoms with Gasteiger partial charge in [0.15, 0.2) is 0 Å². The minimum Gasteiger partial charge on any atom is -0.497 e. The molecule has 0 aromatic heterocycles. The molecule has 0 spiro atoms. The molecule has 1 aliphatic heterocycles. The molecule has 3 N–H and O–H groups in total. The van der Waals surface area contributed by atoms with Gasteiger partial charge in [-0.3, -0.25) is 4.79 Å². The molecule has 27 heavy (non-hydrogen) atoms. The third-order valence-corrected chi connectivity index (χ3v) is 5.41. The lowest BCUT2D eigenvalue weighted by atomic mass is 9.74. The van der Waals surface area contributed by atoms with Gasteiger partial charge in [0.1, 0.15) is 5.75 Å². The highest BCUT2D eigenvalue weighted by Crippen LogP contribution is 2.35. The number of hydrogen-bond donors (Lipinski definition) is 2. The molecule has 1 fully saturated rings. The Morgan fingerprint density at radius 1 is 1.15 bits per heavy atom. The van der Waals surface area contributed by atoms with E-state index in [1.165, 1.54) is 5.56 Å². The number of nitrogens with one attached hydrogen (secondary N) is 1.